The predicted octanol–water partition coefficient (Wildman–Crippen LogP) is 3.27. The van der Waals surface area contributed by atoms with Crippen LogP contribution in [0.25, 0.3) is 11.1 Å². The lowest BCUT2D eigenvalue weighted by molar-refractivity contribution is 0.198. The molecule has 0 radical (unpaired) electrons. The topological polar surface area (TPSA) is 38.2 Å². The molecule has 1 aliphatic rings. The number of halogens is 1. The van der Waals surface area contributed by atoms with Crippen molar-refractivity contribution in [1.82, 2.24) is 14.9 Å². The molecule has 110 valence electrons. The van der Waals surface area contributed by atoms with Crippen LogP contribution in [-0.4, -0.2) is 41.1 Å². The Labute approximate surface area is 129 Å². The Morgan fingerprint density at radius 3 is 3.05 bits per heavy atom. The summed E-state index contributed by atoms with van der Waals surface area (Å²) >= 11 is 6.18. The third-order valence-electron chi connectivity index (χ3n) is 3.90. The highest BCUT2D eigenvalue weighted by molar-refractivity contribution is 6.32. The van der Waals surface area contributed by atoms with Gasteiger partial charge in [-0.3, -0.25) is 4.98 Å². The summed E-state index contributed by atoms with van der Waals surface area (Å²) in [5.41, 5.74) is 1.79. The number of rotatable bonds is 4. The zero-order chi connectivity index (χ0) is 14.7. The van der Waals surface area contributed by atoms with Crippen molar-refractivity contribution in [3.8, 4) is 16.9 Å². The molecule has 0 N–H and O–H groups in total. The number of pyridine rings is 2. The van der Waals surface area contributed by atoms with Crippen LogP contribution in [0.3, 0.4) is 0 Å². The molecule has 2 aromatic rings. The first-order valence-electron chi connectivity index (χ1n) is 7.13. The van der Waals surface area contributed by atoms with Crippen molar-refractivity contribution < 1.29 is 4.74 Å². The number of likely N-dealkylation sites (N-methyl/N-ethyl adjacent to an activating group) is 1. The zero-order valence-electron chi connectivity index (χ0n) is 12.0. The average Bonchev–Trinajstić information content (AvgIpc) is 2.93. The van der Waals surface area contributed by atoms with Gasteiger partial charge in [0.25, 0.3) is 0 Å². The van der Waals surface area contributed by atoms with Gasteiger partial charge in [0, 0.05) is 29.6 Å². The van der Waals surface area contributed by atoms with Gasteiger partial charge in [-0.2, -0.15) is 0 Å². The summed E-state index contributed by atoms with van der Waals surface area (Å²) in [5.74, 6) is 0.749. The second-order valence-corrected chi connectivity index (χ2v) is 5.70. The van der Waals surface area contributed by atoms with Crippen LogP contribution in [0, 0.1) is 0 Å². The van der Waals surface area contributed by atoms with Crippen LogP contribution in [0.4, 0.5) is 0 Å². The van der Waals surface area contributed by atoms with Crippen molar-refractivity contribution in [3.63, 3.8) is 0 Å². The maximum absolute atomic E-state index is 6.18. The van der Waals surface area contributed by atoms with Crippen LogP contribution in [-0.2, 0) is 0 Å². The maximum atomic E-state index is 6.18. The molecule has 4 nitrogen and oxygen atoms in total. The van der Waals surface area contributed by atoms with Gasteiger partial charge in [-0.05, 0) is 38.6 Å². The Morgan fingerprint density at radius 2 is 2.33 bits per heavy atom. The summed E-state index contributed by atoms with van der Waals surface area (Å²) < 4.78 is 5.89. The second-order valence-electron chi connectivity index (χ2n) is 5.34. The highest BCUT2D eigenvalue weighted by Crippen LogP contribution is 2.29. The molecule has 5 heteroatoms. The summed E-state index contributed by atoms with van der Waals surface area (Å²) in [6, 6.07) is 6.26. The van der Waals surface area contributed by atoms with E-state index in [2.05, 4.69) is 21.9 Å². The van der Waals surface area contributed by atoms with Crippen LogP contribution in [0.2, 0.25) is 5.15 Å². The molecule has 0 bridgehead atoms. The summed E-state index contributed by atoms with van der Waals surface area (Å²) in [4.78, 5) is 10.7. The van der Waals surface area contributed by atoms with Crippen LogP contribution >= 0.6 is 11.6 Å². The third-order valence-corrected chi connectivity index (χ3v) is 4.20. The van der Waals surface area contributed by atoms with E-state index in [1.54, 1.807) is 18.6 Å². The van der Waals surface area contributed by atoms with Crippen molar-refractivity contribution >= 4 is 11.6 Å². The molecule has 3 heterocycles. The molecule has 0 amide bonds. The van der Waals surface area contributed by atoms with Crippen LogP contribution in [0.1, 0.15) is 12.8 Å². The van der Waals surface area contributed by atoms with Crippen LogP contribution in [0.5, 0.6) is 5.75 Å². The molecule has 0 saturated carbocycles. The van der Waals surface area contributed by atoms with Gasteiger partial charge < -0.3 is 9.64 Å². The lowest BCUT2D eigenvalue weighted by Gasteiger charge is -2.19. The number of likely N-dealkylation sites (tertiary alicyclic amines) is 1. The molecule has 0 aliphatic carbocycles. The lowest BCUT2D eigenvalue weighted by atomic mass is 10.1. The Bertz CT molecular complexity index is 606. The molecule has 0 aromatic carbocycles. The van der Waals surface area contributed by atoms with E-state index in [9.17, 15) is 0 Å². The van der Waals surface area contributed by atoms with Crippen LogP contribution in [0.15, 0.2) is 36.8 Å². The first-order valence-corrected chi connectivity index (χ1v) is 7.51. The first-order chi connectivity index (χ1) is 10.2. The molecule has 2 aromatic heterocycles. The fraction of sp³-hybridized carbons (Fsp3) is 0.375. The van der Waals surface area contributed by atoms with E-state index in [0.717, 1.165) is 23.4 Å². The molecular weight excluding hydrogens is 286 g/mol. The van der Waals surface area contributed by atoms with Gasteiger partial charge in [-0.15, -0.1) is 0 Å². The summed E-state index contributed by atoms with van der Waals surface area (Å²) in [6.07, 6.45) is 7.62. The third kappa shape index (κ3) is 3.34. The summed E-state index contributed by atoms with van der Waals surface area (Å²) in [7, 11) is 2.14. The van der Waals surface area contributed by atoms with E-state index in [1.807, 2.05) is 18.2 Å². The monoisotopic (exact) mass is 303 g/mol. The standard InChI is InChI=1S/C16H18ClN3O/c1-20-7-3-5-13(20)11-21-14-8-15(16(17)19-10-14)12-4-2-6-18-9-12/h2,4,6,8-10,13H,3,5,7,11H2,1H3/t13-/m0/s1. The Kier molecular flexibility index (Phi) is 4.36. The van der Waals surface area contributed by atoms with Gasteiger partial charge in [0.05, 0.1) is 6.20 Å². The van der Waals surface area contributed by atoms with E-state index in [4.69, 9.17) is 16.3 Å². The van der Waals surface area contributed by atoms with Gasteiger partial charge in [0.1, 0.15) is 17.5 Å². The van der Waals surface area contributed by atoms with Gasteiger partial charge in [0.15, 0.2) is 0 Å². The molecule has 0 spiro atoms. The van der Waals surface area contributed by atoms with Gasteiger partial charge in [-0.25, -0.2) is 4.98 Å². The molecule has 1 fully saturated rings. The Hall–Kier alpha value is -1.65. The Balaban J connectivity index is 1.75. The van der Waals surface area contributed by atoms with Gasteiger partial charge in [0.2, 0.25) is 0 Å². The smallest absolute Gasteiger partial charge is 0.138 e. The summed E-state index contributed by atoms with van der Waals surface area (Å²) in [5, 5.41) is 0.466. The second kappa shape index (κ2) is 6.41. The molecule has 1 aliphatic heterocycles. The van der Waals surface area contributed by atoms with Crippen molar-refractivity contribution in [3.05, 3.63) is 41.9 Å². The van der Waals surface area contributed by atoms with Crippen molar-refractivity contribution in [2.45, 2.75) is 18.9 Å². The fourth-order valence-electron chi connectivity index (χ4n) is 2.61. The molecule has 0 unspecified atom stereocenters. The molecule has 21 heavy (non-hydrogen) atoms. The van der Waals surface area contributed by atoms with E-state index < -0.39 is 0 Å². The number of hydrogen-bond donors (Lipinski definition) is 0. The number of aromatic nitrogens is 2. The SMILES string of the molecule is CN1CCC[C@H]1COc1cnc(Cl)c(-c2cccnc2)c1. The van der Waals surface area contributed by atoms with E-state index in [1.165, 1.54) is 12.8 Å². The average molecular weight is 304 g/mol. The molecular formula is C16H18ClN3O. The lowest BCUT2D eigenvalue weighted by Crippen LogP contribution is -2.30. The largest absolute Gasteiger partial charge is 0.490 e. The number of nitrogens with zero attached hydrogens (tertiary/aromatic N) is 3. The minimum atomic E-state index is 0.466. The highest BCUT2D eigenvalue weighted by atomic mass is 35.5. The normalized spacial score (nSPS) is 18.9. The first kappa shape index (κ1) is 14.3. The minimum Gasteiger partial charge on any atom is -0.490 e. The number of hydrogen-bond acceptors (Lipinski definition) is 4. The quantitative estimate of drug-likeness (QED) is 0.813. The fourth-order valence-corrected chi connectivity index (χ4v) is 2.83. The van der Waals surface area contributed by atoms with Gasteiger partial charge >= 0.3 is 0 Å². The van der Waals surface area contributed by atoms with Crippen molar-refractivity contribution in [2.75, 3.05) is 20.2 Å². The highest BCUT2D eigenvalue weighted by Gasteiger charge is 2.21. The van der Waals surface area contributed by atoms with Crippen LogP contribution < -0.4 is 4.74 Å². The predicted molar refractivity (Wildman–Crippen MR) is 83.6 cm³/mol. The zero-order valence-corrected chi connectivity index (χ0v) is 12.8. The minimum absolute atomic E-state index is 0.466. The summed E-state index contributed by atoms with van der Waals surface area (Å²) in [6.45, 7) is 1.83. The number of ether oxygens (including phenoxy) is 1. The molecule has 1 saturated heterocycles. The van der Waals surface area contributed by atoms with Crippen molar-refractivity contribution in [1.29, 1.82) is 0 Å². The van der Waals surface area contributed by atoms with Crippen molar-refractivity contribution in [2.24, 2.45) is 0 Å². The van der Waals surface area contributed by atoms with Gasteiger partial charge in [-0.1, -0.05) is 17.7 Å². The van der Waals surface area contributed by atoms with E-state index >= 15 is 0 Å². The maximum Gasteiger partial charge on any atom is 0.138 e. The van der Waals surface area contributed by atoms with E-state index in [-0.39, 0.29) is 0 Å². The molecule has 3 rings (SSSR count). The van der Waals surface area contributed by atoms with E-state index in [0.29, 0.717) is 17.8 Å². The molecule has 1 atom stereocenters. The Morgan fingerprint density at radius 1 is 1.43 bits per heavy atom.